The number of nitrogens with zero attached hydrogens (tertiary/aromatic N) is 1. The molecule has 1 fully saturated rings. The monoisotopic (exact) mass is 272 g/mol. The molecule has 0 radical (unpaired) electrons. The van der Waals surface area contributed by atoms with Crippen LogP contribution in [-0.4, -0.2) is 4.98 Å². The zero-order valence-electron chi connectivity index (χ0n) is 11.4. The highest BCUT2D eigenvalue weighted by Gasteiger charge is 2.23. The molecule has 0 amide bonds. The average Bonchev–Trinajstić information content (AvgIpc) is 2.82. The number of aryl methyl sites for hydroxylation is 1. The highest BCUT2D eigenvalue weighted by atomic mass is 32.1. The van der Waals surface area contributed by atoms with Crippen molar-refractivity contribution in [2.24, 2.45) is 0 Å². The third kappa shape index (κ3) is 2.52. The molecule has 1 aromatic carbocycles. The van der Waals surface area contributed by atoms with Gasteiger partial charge in [-0.15, -0.1) is 11.3 Å². The zero-order valence-corrected chi connectivity index (χ0v) is 12.2. The van der Waals surface area contributed by atoms with Gasteiger partial charge in [0.1, 0.15) is 0 Å². The molecule has 0 unspecified atom stereocenters. The van der Waals surface area contributed by atoms with Gasteiger partial charge < -0.3 is 5.73 Å². The fourth-order valence-corrected chi connectivity index (χ4v) is 4.04. The van der Waals surface area contributed by atoms with Gasteiger partial charge in [0.15, 0.2) is 5.13 Å². The molecule has 0 saturated heterocycles. The second-order valence-electron chi connectivity index (χ2n) is 5.41. The molecule has 2 N–H and O–H groups in total. The molecular formula is C16H20N2S. The van der Waals surface area contributed by atoms with Crippen molar-refractivity contribution in [1.82, 2.24) is 4.98 Å². The number of anilines is 1. The Morgan fingerprint density at radius 3 is 2.63 bits per heavy atom. The fourth-order valence-electron chi connectivity index (χ4n) is 3.02. The van der Waals surface area contributed by atoms with E-state index in [1.54, 1.807) is 11.3 Å². The summed E-state index contributed by atoms with van der Waals surface area (Å²) in [5.74, 6) is 0.665. The molecule has 3 heteroatoms. The van der Waals surface area contributed by atoms with E-state index in [2.05, 4.69) is 36.2 Å². The van der Waals surface area contributed by atoms with Crippen molar-refractivity contribution >= 4 is 16.5 Å². The van der Waals surface area contributed by atoms with Crippen LogP contribution in [0.15, 0.2) is 24.3 Å². The Bertz CT molecular complexity index is 568. The van der Waals surface area contributed by atoms with Gasteiger partial charge in [-0.3, -0.25) is 0 Å². The maximum Gasteiger partial charge on any atom is 0.180 e. The predicted molar refractivity (Wildman–Crippen MR) is 82.5 cm³/mol. The summed E-state index contributed by atoms with van der Waals surface area (Å²) in [5.41, 5.74) is 9.64. The number of nitrogens with two attached hydrogens (primary N) is 1. The lowest BCUT2D eigenvalue weighted by Crippen LogP contribution is -2.04. The molecule has 2 aromatic rings. The Morgan fingerprint density at radius 2 is 1.89 bits per heavy atom. The van der Waals surface area contributed by atoms with E-state index in [4.69, 9.17) is 5.73 Å². The first-order valence-electron chi connectivity index (χ1n) is 7.08. The number of aromatic nitrogens is 1. The third-order valence-corrected chi connectivity index (χ3v) is 5.09. The van der Waals surface area contributed by atoms with E-state index in [1.165, 1.54) is 48.1 Å². The van der Waals surface area contributed by atoms with Crippen LogP contribution in [0.3, 0.4) is 0 Å². The SMILES string of the molecule is Cc1ccccc1-c1nc(N)sc1C1CCCCC1. The third-order valence-electron chi connectivity index (χ3n) is 4.05. The van der Waals surface area contributed by atoms with Gasteiger partial charge in [0, 0.05) is 10.4 Å². The van der Waals surface area contributed by atoms with Gasteiger partial charge in [-0.1, -0.05) is 43.5 Å². The maximum absolute atomic E-state index is 5.98. The van der Waals surface area contributed by atoms with E-state index < -0.39 is 0 Å². The van der Waals surface area contributed by atoms with Crippen LogP contribution < -0.4 is 5.73 Å². The molecule has 1 aromatic heterocycles. The molecule has 0 spiro atoms. The van der Waals surface area contributed by atoms with Crippen molar-refractivity contribution < 1.29 is 0 Å². The van der Waals surface area contributed by atoms with E-state index in [0.717, 1.165) is 5.69 Å². The highest BCUT2D eigenvalue weighted by Crippen LogP contribution is 2.42. The van der Waals surface area contributed by atoms with Crippen molar-refractivity contribution in [3.63, 3.8) is 0 Å². The first-order chi connectivity index (χ1) is 9.25. The standard InChI is InChI=1S/C16H20N2S/c1-11-7-5-6-10-13(11)14-15(19-16(17)18-14)12-8-3-2-4-9-12/h5-7,10,12H,2-4,8-9H2,1H3,(H2,17,18). The first-order valence-corrected chi connectivity index (χ1v) is 7.89. The van der Waals surface area contributed by atoms with Crippen molar-refractivity contribution in [2.45, 2.75) is 44.9 Å². The Hall–Kier alpha value is -1.35. The van der Waals surface area contributed by atoms with Crippen LogP contribution in [-0.2, 0) is 0 Å². The van der Waals surface area contributed by atoms with Crippen LogP contribution in [0.1, 0.15) is 48.5 Å². The van der Waals surface area contributed by atoms with E-state index >= 15 is 0 Å². The number of nitrogen functional groups attached to an aromatic ring is 1. The minimum absolute atomic E-state index is 0.665. The number of thiazole rings is 1. The van der Waals surface area contributed by atoms with Crippen molar-refractivity contribution in [1.29, 1.82) is 0 Å². The Balaban J connectivity index is 2.04. The van der Waals surface area contributed by atoms with Crippen LogP contribution in [0.5, 0.6) is 0 Å². The van der Waals surface area contributed by atoms with Gasteiger partial charge in [0.25, 0.3) is 0 Å². The maximum atomic E-state index is 5.98. The second kappa shape index (κ2) is 5.33. The number of hydrogen-bond acceptors (Lipinski definition) is 3. The molecule has 1 aliphatic carbocycles. The van der Waals surface area contributed by atoms with Crippen LogP contribution in [0, 0.1) is 6.92 Å². The van der Waals surface area contributed by atoms with Crippen molar-refractivity contribution in [3.05, 3.63) is 34.7 Å². The summed E-state index contributed by atoms with van der Waals surface area (Å²) in [6, 6.07) is 8.48. The summed E-state index contributed by atoms with van der Waals surface area (Å²) in [5, 5.41) is 0.707. The van der Waals surface area contributed by atoms with Crippen LogP contribution in [0.2, 0.25) is 0 Å². The lowest BCUT2D eigenvalue weighted by molar-refractivity contribution is 0.448. The van der Waals surface area contributed by atoms with Gasteiger partial charge in [0.05, 0.1) is 5.69 Å². The van der Waals surface area contributed by atoms with Gasteiger partial charge >= 0.3 is 0 Å². The molecule has 0 atom stereocenters. The van der Waals surface area contributed by atoms with Gasteiger partial charge in [-0.25, -0.2) is 4.98 Å². The van der Waals surface area contributed by atoms with Crippen LogP contribution in [0.25, 0.3) is 11.3 Å². The first kappa shape index (κ1) is 12.7. The fraction of sp³-hybridized carbons (Fsp3) is 0.438. The molecule has 1 saturated carbocycles. The topological polar surface area (TPSA) is 38.9 Å². The minimum atomic E-state index is 0.665. The van der Waals surface area contributed by atoms with Crippen molar-refractivity contribution in [2.75, 3.05) is 5.73 Å². The van der Waals surface area contributed by atoms with E-state index in [9.17, 15) is 0 Å². The molecule has 1 aliphatic rings. The summed E-state index contributed by atoms with van der Waals surface area (Å²) in [6.07, 6.45) is 6.65. The lowest BCUT2D eigenvalue weighted by Gasteiger charge is -2.21. The lowest BCUT2D eigenvalue weighted by atomic mass is 9.86. The van der Waals surface area contributed by atoms with Gasteiger partial charge in [0.2, 0.25) is 0 Å². The molecule has 3 rings (SSSR count). The number of rotatable bonds is 2. The molecule has 1 heterocycles. The normalized spacial score (nSPS) is 16.7. The second-order valence-corrected chi connectivity index (χ2v) is 6.48. The van der Waals surface area contributed by atoms with Gasteiger partial charge in [-0.05, 0) is 31.2 Å². The Morgan fingerprint density at radius 1 is 1.16 bits per heavy atom. The molecule has 0 aliphatic heterocycles. The quantitative estimate of drug-likeness (QED) is 0.857. The Labute approximate surface area is 118 Å². The Kier molecular flexibility index (Phi) is 3.56. The van der Waals surface area contributed by atoms with E-state index in [0.29, 0.717) is 11.0 Å². The number of hydrogen-bond donors (Lipinski definition) is 1. The molecular weight excluding hydrogens is 252 g/mol. The minimum Gasteiger partial charge on any atom is -0.375 e. The summed E-state index contributed by atoms with van der Waals surface area (Å²) in [4.78, 5) is 6.02. The summed E-state index contributed by atoms with van der Waals surface area (Å²) in [7, 11) is 0. The number of benzene rings is 1. The van der Waals surface area contributed by atoms with Crippen LogP contribution >= 0.6 is 11.3 Å². The molecule has 19 heavy (non-hydrogen) atoms. The summed E-state index contributed by atoms with van der Waals surface area (Å²) < 4.78 is 0. The summed E-state index contributed by atoms with van der Waals surface area (Å²) in [6.45, 7) is 2.15. The van der Waals surface area contributed by atoms with Crippen LogP contribution in [0.4, 0.5) is 5.13 Å². The van der Waals surface area contributed by atoms with E-state index in [-0.39, 0.29) is 0 Å². The van der Waals surface area contributed by atoms with Crippen molar-refractivity contribution in [3.8, 4) is 11.3 Å². The average molecular weight is 272 g/mol. The molecule has 100 valence electrons. The smallest absolute Gasteiger partial charge is 0.180 e. The predicted octanol–water partition coefficient (Wildman–Crippen LogP) is 4.75. The molecule has 2 nitrogen and oxygen atoms in total. The zero-order chi connectivity index (χ0) is 13.2. The largest absolute Gasteiger partial charge is 0.375 e. The molecule has 0 bridgehead atoms. The summed E-state index contributed by atoms with van der Waals surface area (Å²) >= 11 is 1.69. The van der Waals surface area contributed by atoms with Gasteiger partial charge in [-0.2, -0.15) is 0 Å². The highest BCUT2D eigenvalue weighted by molar-refractivity contribution is 7.15. The van der Waals surface area contributed by atoms with E-state index in [1.807, 2.05) is 0 Å².